The second kappa shape index (κ2) is 2.42. The fraction of sp³-hybridized carbons (Fsp3) is 0.375. The number of amidine groups is 1. The van der Waals surface area contributed by atoms with Gasteiger partial charge in [0.15, 0.2) is 0 Å². The molecule has 1 unspecified atom stereocenters. The van der Waals surface area contributed by atoms with Gasteiger partial charge in [0.2, 0.25) is 0 Å². The molecule has 2 rings (SSSR count). The molecule has 0 aromatic rings. The van der Waals surface area contributed by atoms with E-state index in [2.05, 4.69) is 10.3 Å². The maximum Gasteiger partial charge on any atom is 0.0994 e. The summed E-state index contributed by atoms with van der Waals surface area (Å²) in [7, 11) is 0. The lowest BCUT2D eigenvalue weighted by molar-refractivity contribution is 0.595. The highest BCUT2D eigenvalue weighted by Crippen LogP contribution is 2.18. The normalized spacial score (nSPS) is 28.2. The number of nitrogens with zero attached hydrogens (tertiary/aromatic N) is 1. The van der Waals surface area contributed by atoms with E-state index in [0.29, 0.717) is 6.04 Å². The van der Waals surface area contributed by atoms with Gasteiger partial charge in [0.25, 0.3) is 0 Å². The van der Waals surface area contributed by atoms with Crippen LogP contribution in [0.3, 0.4) is 0 Å². The molecule has 0 aromatic heterocycles. The predicted octanol–water partition coefficient (Wildman–Crippen LogP) is 0.507. The van der Waals surface area contributed by atoms with Gasteiger partial charge in [-0.1, -0.05) is 0 Å². The molecule has 2 aliphatic rings. The van der Waals surface area contributed by atoms with Gasteiger partial charge < -0.3 is 11.1 Å². The first-order chi connectivity index (χ1) is 5.36. The van der Waals surface area contributed by atoms with Gasteiger partial charge in [-0.3, -0.25) is 0 Å². The molecule has 3 nitrogen and oxygen atoms in total. The summed E-state index contributed by atoms with van der Waals surface area (Å²) in [6.45, 7) is 0. The van der Waals surface area contributed by atoms with E-state index < -0.39 is 0 Å². The molecular weight excluding hydrogens is 138 g/mol. The number of nitrogens with one attached hydrogen (secondary N) is 1. The molecule has 0 aliphatic carbocycles. The quantitative estimate of drug-likeness (QED) is 0.527. The van der Waals surface area contributed by atoms with Gasteiger partial charge in [0.1, 0.15) is 0 Å². The van der Waals surface area contributed by atoms with E-state index in [1.54, 1.807) is 0 Å². The second-order valence-corrected chi connectivity index (χ2v) is 2.81. The summed E-state index contributed by atoms with van der Waals surface area (Å²) >= 11 is 0. The van der Waals surface area contributed by atoms with Crippen LogP contribution < -0.4 is 11.1 Å². The molecule has 2 aliphatic heterocycles. The highest BCUT2D eigenvalue weighted by atomic mass is 15.0. The molecule has 0 spiro atoms. The van der Waals surface area contributed by atoms with E-state index in [4.69, 9.17) is 5.73 Å². The van der Waals surface area contributed by atoms with Gasteiger partial charge in [0, 0.05) is 6.42 Å². The van der Waals surface area contributed by atoms with Crippen molar-refractivity contribution in [3.63, 3.8) is 0 Å². The number of nitrogens with two attached hydrogens (primary N) is 1. The van der Waals surface area contributed by atoms with Crippen LogP contribution in [-0.4, -0.2) is 11.9 Å². The Kier molecular flexibility index (Phi) is 1.42. The van der Waals surface area contributed by atoms with Crippen LogP contribution in [0.2, 0.25) is 0 Å². The Morgan fingerprint density at radius 2 is 2.55 bits per heavy atom. The Hall–Kier alpha value is -1.25. The molecule has 11 heavy (non-hydrogen) atoms. The zero-order valence-corrected chi connectivity index (χ0v) is 6.25. The number of allylic oxidation sites excluding steroid dienone is 2. The largest absolute Gasteiger partial charge is 0.387 e. The van der Waals surface area contributed by atoms with Crippen LogP contribution in [0.25, 0.3) is 0 Å². The fourth-order valence-electron chi connectivity index (χ4n) is 1.38. The minimum absolute atomic E-state index is 0.396. The molecule has 0 saturated carbocycles. The Bertz CT molecular complexity index is 247. The highest BCUT2D eigenvalue weighted by molar-refractivity contribution is 5.82. The van der Waals surface area contributed by atoms with Crippen molar-refractivity contribution in [1.82, 2.24) is 5.32 Å². The first kappa shape index (κ1) is 6.46. The summed E-state index contributed by atoms with van der Waals surface area (Å²) in [6.07, 6.45) is 7.88. The maximum atomic E-state index is 5.60. The number of aliphatic imine (C=N–C) groups is 1. The molecule has 0 amide bonds. The highest BCUT2D eigenvalue weighted by Gasteiger charge is 2.18. The van der Waals surface area contributed by atoms with E-state index in [0.717, 1.165) is 24.4 Å². The van der Waals surface area contributed by atoms with Gasteiger partial charge >= 0.3 is 0 Å². The topological polar surface area (TPSA) is 50.4 Å². The lowest BCUT2D eigenvalue weighted by Gasteiger charge is -2.24. The standard InChI is InChI=1S/C8H11N3/c9-8-4-3-6-7(11-8)2-1-5-10-6/h1-2,5-6,10H,3-4H2,(H2,9,11). The predicted molar refractivity (Wildman–Crippen MR) is 45.0 cm³/mol. The molecule has 0 bridgehead atoms. The SMILES string of the molecule is NC1=NC2=CC=CNC2CC1. The van der Waals surface area contributed by atoms with Crippen molar-refractivity contribution in [2.75, 3.05) is 0 Å². The van der Waals surface area contributed by atoms with E-state index in [1.807, 2.05) is 18.4 Å². The number of dihydropyridines is 1. The monoisotopic (exact) mass is 149 g/mol. The zero-order chi connectivity index (χ0) is 7.68. The second-order valence-electron chi connectivity index (χ2n) is 2.81. The Morgan fingerprint density at radius 3 is 3.45 bits per heavy atom. The molecule has 0 aromatic carbocycles. The van der Waals surface area contributed by atoms with Crippen molar-refractivity contribution >= 4 is 5.84 Å². The molecule has 0 radical (unpaired) electrons. The van der Waals surface area contributed by atoms with E-state index in [9.17, 15) is 0 Å². The molecule has 3 heteroatoms. The number of fused-ring (bicyclic) bond motifs is 1. The summed E-state index contributed by atoms with van der Waals surface area (Å²) in [5.41, 5.74) is 6.66. The van der Waals surface area contributed by atoms with Crippen molar-refractivity contribution in [3.05, 3.63) is 24.0 Å². The third-order valence-corrected chi connectivity index (χ3v) is 1.98. The Balaban J connectivity index is 2.29. The third-order valence-electron chi connectivity index (χ3n) is 1.98. The van der Waals surface area contributed by atoms with Crippen LogP contribution in [0.4, 0.5) is 0 Å². The Labute approximate surface area is 65.7 Å². The van der Waals surface area contributed by atoms with Crippen molar-refractivity contribution < 1.29 is 0 Å². The van der Waals surface area contributed by atoms with Gasteiger partial charge in [-0.05, 0) is 24.8 Å². The van der Waals surface area contributed by atoms with Crippen LogP contribution in [0.15, 0.2) is 29.0 Å². The van der Waals surface area contributed by atoms with Crippen molar-refractivity contribution in [2.45, 2.75) is 18.9 Å². The molecule has 0 fully saturated rings. The molecular formula is C8H11N3. The van der Waals surface area contributed by atoms with Crippen molar-refractivity contribution in [3.8, 4) is 0 Å². The third kappa shape index (κ3) is 1.13. The summed E-state index contributed by atoms with van der Waals surface area (Å²) in [5.74, 6) is 0.754. The summed E-state index contributed by atoms with van der Waals surface area (Å²) in [5, 5.41) is 3.23. The lowest BCUT2D eigenvalue weighted by Crippen LogP contribution is -2.33. The smallest absolute Gasteiger partial charge is 0.0994 e. The first-order valence-electron chi connectivity index (χ1n) is 3.82. The van der Waals surface area contributed by atoms with Crippen LogP contribution in [0.1, 0.15) is 12.8 Å². The van der Waals surface area contributed by atoms with Crippen LogP contribution in [-0.2, 0) is 0 Å². The average molecular weight is 149 g/mol. The van der Waals surface area contributed by atoms with Gasteiger partial charge in [-0.25, -0.2) is 4.99 Å². The molecule has 58 valence electrons. The van der Waals surface area contributed by atoms with Crippen molar-refractivity contribution in [1.29, 1.82) is 0 Å². The first-order valence-corrected chi connectivity index (χ1v) is 3.82. The number of rotatable bonds is 0. The number of hydrogen-bond acceptors (Lipinski definition) is 3. The zero-order valence-electron chi connectivity index (χ0n) is 6.25. The fourth-order valence-corrected chi connectivity index (χ4v) is 1.38. The lowest BCUT2D eigenvalue weighted by atomic mass is 10.0. The van der Waals surface area contributed by atoms with Gasteiger partial charge in [-0.15, -0.1) is 0 Å². The number of hydrogen-bond donors (Lipinski definition) is 2. The molecule has 2 heterocycles. The summed E-state index contributed by atoms with van der Waals surface area (Å²) in [6, 6.07) is 0.396. The van der Waals surface area contributed by atoms with Crippen LogP contribution in [0, 0.1) is 0 Å². The van der Waals surface area contributed by atoms with Crippen molar-refractivity contribution in [2.24, 2.45) is 10.7 Å². The average Bonchev–Trinajstić information content (AvgIpc) is 2.04. The maximum absolute atomic E-state index is 5.60. The molecule has 3 N–H and O–H groups in total. The molecule has 0 saturated heterocycles. The van der Waals surface area contributed by atoms with E-state index in [1.165, 1.54) is 0 Å². The minimum Gasteiger partial charge on any atom is -0.387 e. The summed E-state index contributed by atoms with van der Waals surface area (Å²) in [4.78, 5) is 4.25. The minimum atomic E-state index is 0.396. The Morgan fingerprint density at radius 1 is 1.64 bits per heavy atom. The van der Waals surface area contributed by atoms with E-state index >= 15 is 0 Å². The van der Waals surface area contributed by atoms with Gasteiger partial charge in [-0.2, -0.15) is 0 Å². The van der Waals surface area contributed by atoms with Crippen LogP contribution >= 0.6 is 0 Å². The summed E-state index contributed by atoms with van der Waals surface area (Å²) < 4.78 is 0. The van der Waals surface area contributed by atoms with E-state index in [-0.39, 0.29) is 0 Å². The molecule has 1 atom stereocenters. The van der Waals surface area contributed by atoms with Crippen LogP contribution in [0.5, 0.6) is 0 Å². The van der Waals surface area contributed by atoms with Gasteiger partial charge in [0.05, 0.1) is 17.6 Å².